The molecule has 1 aromatic heterocycles. The van der Waals surface area contributed by atoms with Crippen molar-refractivity contribution in [1.29, 1.82) is 0 Å². The number of furan rings is 1. The highest BCUT2D eigenvalue weighted by Gasteiger charge is 2.28. The molecule has 0 saturated heterocycles. The Kier molecular flexibility index (Phi) is 6.73. The molecule has 0 amide bonds. The van der Waals surface area contributed by atoms with E-state index >= 15 is 0 Å². The van der Waals surface area contributed by atoms with Gasteiger partial charge in [0.2, 0.25) is 0 Å². The van der Waals surface area contributed by atoms with E-state index in [1.54, 1.807) is 0 Å². The predicted octanol–water partition coefficient (Wildman–Crippen LogP) is 12.2. The van der Waals surface area contributed by atoms with E-state index in [0.29, 0.717) is 0 Å². The van der Waals surface area contributed by atoms with Crippen LogP contribution in [-0.2, 0) is 0 Å². The van der Waals surface area contributed by atoms with Crippen LogP contribution in [0.1, 0.15) is 29.0 Å². The number of rotatable bonds is 4. The van der Waals surface area contributed by atoms with E-state index in [9.17, 15) is 0 Å². The van der Waals surface area contributed by atoms with E-state index in [4.69, 9.17) is 9.41 Å². The molecule has 10 aromatic rings. The van der Waals surface area contributed by atoms with Crippen molar-refractivity contribution in [3.05, 3.63) is 193 Å². The highest BCUT2D eigenvalue weighted by Crippen LogP contribution is 2.38. The molecule has 0 fully saturated rings. The van der Waals surface area contributed by atoms with E-state index in [0.717, 1.165) is 50.0 Å². The van der Waals surface area contributed by atoms with Crippen LogP contribution in [0.15, 0.2) is 185 Å². The van der Waals surface area contributed by atoms with Crippen molar-refractivity contribution in [3.63, 3.8) is 0 Å². The first-order chi connectivity index (χ1) is 26.2. The molecule has 2 N–H and O–H groups in total. The molecule has 0 radical (unpaired) electrons. The highest BCUT2D eigenvalue weighted by molar-refractivity contribution is 6.12. The monoisotopic (exact) mass is 679 g/mol. The molecule has 0 aliphatic carbocycles. The minimum atomic E-state index is -0.305. The van der Waals surface area contributed by atoms with Gasteiger partial charge in [0.1, 0.15) is 29.3 Å². The summed E-state index contributed by atoms with van der Waals surface area (Å²) in [5.74, 6) is 0.850. The number of nitrogens with one attached hydrogen (secondary N) is 2. The zero-order valence-corrected chi connectivity index (χ0v) is 28.8. The number of aliphatic imine (C=N–C) groups is 1. The fraction of sp³-hybridized carbons (Fsp3) is 0.0408. The third-order valence-electron chi connectivity index (χ3n) is 10.9. The quantitative estimate of drug-likeness (QED) is 0.182. The summed E-state index contributed by atoms with van der Waals surface area (Å²) in [7, 11) is 0. The van der Waals surface area contributed by atoms with Gasteiger partial charge in [-0.25, -0.2) is 4.99 Å². The van der Waals surface area contributed by atoms with Gasteiger partial charge in [-0.05, 0) is 90.1 Å². The second-order valence-electron chi connectivity index (χ2n) is 14.0. The normalized spacial score (nSPS) is 16.1. The largest absolute Gasteiger partial charge is 0.456 e. The smallest absolute Gasteiger partial charge is 0.136 e. The molecule has 2 atom stereocenters. The van der Waals surface area contributed by atoms with Crippen molar-refractivity contribution < 1.29 is 4.42 Å². The topological polar surface area (TPSA) is 49.6 Å². The maximum Gasteiger partial charge on any atom is 0.136 e. The van der Waals surface area contributed by atoms with Crippen molar-refractivity contribution in [3.8, 4) is 11.1 Å². The number of fused-ring (bicyclic) bond motifs is 9. The SMILES string of the molecule is c1ccc(-c2ccc3c(c2)oc2cccc(C4NC(c5ccc6ccc7ccccc7c6c5)=NC(c5ccc6ccc7ccccc7c6c5)N4)c23)cc1. The van der Waals surface area contributed by atoms with Gasteiger partial charge >= 0.3 is 0 Å². The first-order valence-corrected chi connectivity index (χ1v) is 18.2. The predicted molar refractivity (Wildman–Crippen MR) is 220 cm³/mol. The molecule has 2 unspecified atom stereocenters. The highest BCUT2D eigenvalue weighted by atomic mass is 16.3. The van der Waals surface area contributed by atoms with E-state index in [1.165, 1.54) is 48.7 Å². The lowest BCUT2D eigenvalue weighted by molar-refractivity contribution is 0.411. The molecule has 1 aliphatic rings. The maximum atomic E-state index is 6.56. The Bertz CT molecular complexity index is 3090. The standard InChI is InChI=1S/C49H33N3O/c1-2-9-30(10-3-1)35-25-26-40-45(29-35)53-44-16-8-15-41(46(40)44)49-51-47(36-23-21-33-19-17-31-11-4-6-13-38(31)42(33)27-36)50-48(52-49)37-24-22-34-20-18-32-12-5-7-14-39(32)43(34)28-37/h1-29,47,49,51H,(H,50,52). The summed E-state index contributed by atoms with van der Waals surface area (Å²) in [4.78, 5) is 5.42. The summed E-state index contributed by atoms with van der Waals surface area (Å²) in [5.41, 5.74) is 7.31. The summed E-state index contributed by atoms with van der Waals surface area (Å²) in [6.45, 7) is 0. The molecule has 2 heterocycles. The fourth-order valence-electron chi connectivity index (χ4n) is 8.28. The molecular weight excluding hydrogens is 647 g/mol. The average molecular weight is 680 g/mol. The zero-order valence-electron chi connectivity index (χ0n) is 28.8. The number of hydrogen-bond acceptors (Lipinski definition) is 4. The van der Waals surface area contributed by atoms with Gasteiger partial charge in [-0.15, -0.1) is 0 Å². The molecule has 1 aliphatic heterocycles. The zero-order chi connectivity index (χ0) is 34.9. The van der Waals surface area contributed by atoms with E-state index in [1.807, 2.05) is 6.07 Å². The van der Waals surface area contributed by atoms with Gasteiger partial charge in [0, 0.05) is 21.9 Å². The number of nitrogens with zero attached hydrogens (tertiary/aromatic N) is 1. The second kappa shape index (κ2) is 11.9. The van der Waals surface area contributed by atoms with Gasteiger partial charge in [0.15, 0.2) is 0 Å². The van der Waals surface area contributed by atoms with Gasteiger partial charge in [-0.2, -0.15) is 0 Å². The number of benzene rings is 9. The van der Waals surface area contributed by atoms with Crippen molar-refractivity contribution in [1.82, 2.24) is 10.6 Å². The van der Waals surface area contributed by atoms with Gasteiger partial charge in [-0.1, -0.05) is 146 Å². The van der Waals surface area contributed by atoms with Crippen LogP contribution >= 0.6 is 0 Å². The first kappa shape index (κ1) is 29.9. The summed E-state index contributed by atoms with van der Waals surface area (Å²) in [6.07, 6.45) is -0.557. The number of amidine groups is 1. The lowest BCUT2D eigenvalue weighted by Gasteiger charge is -2.32. The maximum absolute atomic E-state index is 6.56. The molecule has 11 rings (SSSR count). The van der Waals surface area contributed by atoms with Crippen LogP contribution in [0.5, 0.6) is 0 Å². The number of hydrogen-bond donors (Lipinski definition) is 2. The summed E-state index contributed by atoms with van der Waals surface area (Å²) < 4.78 is 6.56. The first-order valence-electron chi connectivity index (χ1n) is 18.2. The molecular formula is C49H33N3O. The molecule has 4 heteroatoms. The van der Waals surface area contributed by atoms with Crippen LogP contribution in [0.4, 0.5) is 0 Å². The minimum Gasteiger partial charge on any atom is -0.456 e. The summed E-state index contributed by atoms with van der Waals surface area (Å²) in [6, 6.07) is 62.8. The van der Waals surface area contributed by atoms with Crippen molar-refractivity contribution in [2.75, 3.05) is 0 Å². The van der Waals surface area contributed by atoms with Crippen LogP contribution in [0.25, 0.3) is 76.2 Å². The van der Waals surface area contributed by atoms with Crippen molar-refractivity contribution >= 4 is 70.9 Å². The van der Waals surface area contributed by atoms with Crippen LogP contribution in [-0.4, -0.2) is 5.84 Å². The van der Waals surface area contributed by atoms with E-state index in [-0.39, 0.29) is 12.3 Å². The third-order valence-corrected chi connectivity index (χ3v) is 10.9. The van der Waals surface area contributed by atoms with Gasteiger partial charge < -0.3 is 9.73 Å². The van der Waals surface area contributed by atoms with Crippen LogP contribution < -0.4 is 10.6 Å². The van der Waals surface area contributed by atoms with Gasteiger partial charge in [0.25, 0.3) is 0 Å². The van der Waals surface area contributed by atoms with Crippen LogP contribution in [0.3, 0.4) is 0 Å². The Morgan fingerprint density at radius 3 is 1.85 bits per heavy atom. The van der Waals surface area contributed by atoms with E-state index in [2.05, 4.69) is 180 Å². The Balaban J connectivity index is 1.08. The molecule has 53 heavy (non-hydrogen) atoms. The van der Waals surface area contributed by atoms with Gasteiger partial charge in [0.05, 0.1) is 0 Å². The van der Waals surface area contributed by atoms with Crippen molar-refractivity contribution in [2.45, 2.75) is 12.3 Å². The lowest BCUT2D eigenvalue weighted by Crippen LogP contribution is -2.45. The second-order valence-corrected chi connectivity index (χ2v) is 14.0. The summed E-state index contributed by atoms with van der Waals surface area (Å²) >= 11 is 0. The van der Waals surface area contributed by atoms with Crippen LogP contribution in [0.2, 0.25) is 0 Å². The fourth-order valence-corrected chi connectivity index (χ4v) is 8.28. The molecule has 0 spiro atoms. The molecule has 4 nitrogen and oxygen atoms in total. The van der Waals surface area contributed by atoms with E-state index < -0.39 is 0 Å². The molecule has 0 saturated carbocycles. The Morgan fingerprint density at radius 1 is 0.434 bits per heavy atom. The lowest BCUT2D eigenvalue weighted by atomic mass is 9.97. The Morgan fingerprint density at radius 2 is 1.08 bits per heavy atom. The molecule has 0 bridgehead atoms. The third kappa shape index (κ3) is 4.99. The summed E-state index contributed by atoms with van der Waals surface area (Å²) in [5, 5.41) is 19.7. The molecule has 250 valence electrons. The minimum absolute atomic E-state index is 0.253. The van der Waals surface area contributed by atoms with Gasteiger partial charge in [-0.3, -0.25) is 5.32 Å². The van der Waals surface area contributed by atoms with Crippen LogP contribution in [0, 0.1) is 0 Å². The Labute approximate surface area is 306 Å². The molecule has 9 aromatic carbocycles. The average Bonchev–Trinajstić information content (AvgIpc) is 3.61. The van der Waals surface area contributed by atoms with Crippen molar-refractivity contribution in [2.24, 2.45) is 4.99 Å². The Hall–Kier alpha value is -6.75.